The van der Waals surface area contributed by atoms with Gasteiger partial charge in [0.05, 0.1) is 26.1 Å². The van der Waals surface area contributed by atoms with Crippen molar-refractivity contribution >= 4 is 35.0 Å². The van der Waals surface area contributed by atoms with Crippen molar-refractivity contribution in [2.45, 2.75) is 4.90 Å². The lowest BCUT2D eigenvalue weighted by molar-refractivity contribution is -0.144. The van der Waals surface area contributed by atoms with E-state index >= 15 is 0 Å². The van der Waals surface area contributed by atoms with E-state index in [1.165, 1.54) is 11.8 Å². The van der Waals surface area contributed by atoms with E-state index in [1.807, 2.05) is 48.5 Å². The zero-order valence-electron chi connectivity index (χ0n) is 16.3. The number of hydrogen-bond acceptors (Lipinski definition) is 7. The molecular weight excluding hydrogens is 392 g/mol. The van der Waals surface area contributed by atoms with Gasteiger partial charge in [-0.15, -0.1) is 11.8 Å². The van der Waals surface area contributed by atoms with Gasteiger partial charge in [0.25, 0.3) is 5.91 Å². The summed E-state index contributed by atoms with van der Waals surface area (Å²) in [5, 5.41) is 2.73. The van der Waals surface area contributed by atoms with Crippen LogP contribution in [0.1, 0.15) is 0 Å². The van der Waals surface area contributed by atoms with Crippen molar-refractivity contribution in [3.63, 3.8) is 0 Å². The van der Waals surface area contributed by atoms with Crippen molar-refractivity contribution in [3.8, 4) is 5.75 Å². The second-order valence-corrected chi connectivity index (χ2v) is 7.37. The highest BCUT2D eigenvalue weighted by molar-refractivity contribution is 8.00. The molecule has 2 aromatic carbocycles. The van der Waals surface area contributed by atoms with Crippen LogP contribution in [0.5, 0.6) is 5.75 Å². The maximum atomic E-state index is 12.0. The SMILES string of the molecule is COc1ccc(SCC(=O)OCC(=O)Nc2ccc(N3CCOCC3)cc2)cc1. The van der Waals surface area contributed by atoms with E-state index in [1.54, 1.807) is 7.11 Å². The fourth-order valence-corrected chi connectivity index (χ4v) is 3.47. The molecular formula is C21H24N2O5S. The Morgan fingerprint density at radius 1 is 1.07 bits per heavy atom. The number of hydrogen-bond donors (Lipinski definition) is 1. The molecule has 1 heterocycles. The molecule has 0 atom stereocenters. The molecule has 2 aromatic rings. The number of esters is 1. The molecule has 0 bridgehead atoms. The van der Waals surface area contributed by atoms with Crippen LogP contribution in [0.4, 0.5) is 11.4 Å². The highest BCUT2D eigenvalue weighted by atomic mass is 32.2. The molecule has 1 N–H and O–H groups in total. The van der Waals surface area contributed by atoms with Gasteiger partial charge in [0, 0.05) is 29.4 Å². The number of thioether (sulfide) groups is 1. The number of nitrogens with zero attached hydrogens (tertiary/aromatic N) is 1. The minimum Gasteiger partial charge on any atom is -0.497 e. The Morgan fingerprint density at radius 3 is 2.41 bits per heavy atom. The standard InChI is InChI=1S/C21H24N2O5S/c1-26-18-6-8-19(9-7-18)29-15-21(25)28-14-20(24)22-16-2-4-17(5-3-16)23-10-12-27-13-11-23/h2-9H,10-15H2,1H3,(H,22,24). The number of ether oxygens (including phenoxy) is 3. The molecule has 1 aliphatic rings. The van der Waals surface area contributed by atoms with E-state index in [9.17, 15) is 9.59 Å². The fraction of sp³-hybridized carbons (Fsp3) is 0.333. The maximum absolute atomic E-state index is 12.0. The van der Waals surface area contributed by atoms with Crippen molar-refractivity contribution in [1.29, 1.82) is 0 Å². The molecule has 8 heteroatoms. The maximum Gasteiger partial charge on any atom is 0.316 e. The van der Waals surface area contributed by atoms with Crippen LogP contribution in [0.2, 0.25) is 0 Å². The third kappa shape index (κ3) is 6.69. The van der Waals surface area contributed by atoms with Gasteiger partial charge in [-0.05, 0) is 48.5 Å². The molecule has 29 heavy (non-hydrogen) atoms. The number of anilines is 2. The Labute approximate surface area is 174 Å². The summed E-state index contributed by atoms with van der Waals surface area (Å²) in [4.78, 5) is 27.0. The van der Waals surface area contributed by atoms with Crippen LogP contribution in [0.3, 0.4) is 0 Å². The van der Waals surface area contributed by atoms with Crippen molar-refractivity contribution in [2.75, 3.05) is 56.0 Å². The lowest BCUT2D eigenvalue weighted by Gasteiger charge is -2.28. The van der Waals surface area contributed by atoms with Crippen LogP contribution >= 0.6 is 11.8 Å². The van der Waals surface area contributed by atoms with Crippen LogP contribution in [0.25, 0.3) is 0 Å². The average molecular weight is 416 g/mol. The number of carbonyl (C=O) groups is 2. The summed E-state index contributed by atoms with van der Waals surface area (Å²) in [6.07, 6.45) is 0. The van der Waals surface area contributed by atoms with Gasteiger partial charge in [0.1, 0.15) is 5.75 Å². The largest absolute Gasteiger partial charge is 0.497 e. The van der Waals surface area contributed by atoms with E-state index in [0.29, 0.717) is 5.69 Å². The predicted molar refractivity (Wildman–Crippen MR) is 113 cm³/mol. The minimum absolute atomic E-state index is 0.133. The second-order valence-electron chi connectivity index (χ2n) is 6.32. The van der Waals surface area contributed by atoms with Crippen molar-refractivity contribution in [1.82, 2.24) is 0 Å². The first-order chi connectivity index (χ1) is 14.1. The highest BCUT2D eigenvalue weighted by Crippen LogP contribution is 2.21. The Morgan fingerprint density at radius 2 is 1.76 bits per heavy atom. The van der Waals surface area contributed by atoms with Crippen LogP contribution in [0.15, 0.2) is 53.4 Å². The number of rotatable bonds is 8. The van der Waals surface area contributed by atoms with Gasteiger partial charge in [0.2, 0.25) is 0 Å². The lowest BCUT2D eigenvalue weighted by atomic mass is 10.2. The van der Waals surface area contributed by atoms with Crippen LogP contribution < -0.4 is 15.0 Å². The number of amides is 1. The summed E-state index contributed by atoms with van der Waals surface area (Å²) in [6, 6.07) is 15.0. The molecule has 1 saturated heterocycles. The van der Waals surface area contributed by atoms with E-state index < -0.39 is 5.97 Å². The lowest BCUT2D eigenvalue weighted by Crippen LogP contribution is -2.36. The summed E-state index contributed by atoms with van der Waals surface area (Å²) >= 11 is 1.34. The molecule has 0 spiro atoms. The summed E-state index contributed by atoms with van der Waals surface area (Å²) < 4.78 is 15.5. The monoisotopic (exact) mass is 416 g/mol. The minimum atomic E-state index is -0.441. The molecule has 0 aromatic heterocycles. The summed E-state index contributed by atoms with van der Waals surface area (Å²) in [5.41, 5.74) is 1.75. The Kier molecular flexibility index (Phi) is 7.77. The first-order valence-electron chi connectivity index (χ1n) is 9.29. The van der Waals surface area contributed by atoms with Gasteiger partial charge in [-0.25, -0.2) is 0 Å². The first kappa shape index (κ1) is 21.0. The van der Waals surface area contributed by atoms with Crippen molar-refractivity contribution in [2.24, 2.45) is 0 Å². The van der Waals surface area contributed by atoms with Gasteiger partial charge in [0.15, 0.2) is 6.61 Å². The summed E-state index contributed by atoms with van der Waals surface area (Å²) in [6.45, 7) is 2.85. The molecule has 0 radical (unpaired) electrons. The number of methoxy groups -OCH3 is 1. The fourth-order valence-electron chi connectivity index (χ4n) is 2.78. The first-order valence-corrected chi connectivity index (χ1v) is 10.3. The molecule has 3 rings (SSSR count). The van der Waals surface area contributed by atoms with Gasteiger partial charge in [-0.3, -0.25) is 9.59 Å². The zero-order chi connectivity index (χ0) is 20.5. The molecule has 7 nitrogen and oxygen atoms in total. The van der Waals surface area contributed by atoms with Crippen molar-refractivity contribution < 1.29 is 23.8 Å². The Bertz CT molecular complexity index is 805. The summed E-state index contributed by atoms with van der Waals surface area (Å²) in [7, 11) is 1.60. The van der Waals surface area contributed by atoms with E-state index in [4.69, 9.17) is 14.2 Å². The Balaban J connectivity index is 1.38. The van der Waals surface area contributed by atoms with Gasteiger partial charge in [-0.1, -0.05) is 0 Å². The van der Waals surface area contributed by atoms with Crippen LogP contribution in [0, 0.1) is 0 Å². The number of benzene rings is 2. The zero-order valence-corrected chi connectivity index (χ0v) is 17.1. The number of morpholine rings is 1. The highest BCUT2D eigenvalue weighted by Gasteiger charge is 2.12. The van der Waals surface area contributed by atoms with E-state index in [0.717, 1.165) is 42.6 Å². The summed E-state index contributed by atoms with van der Waals surface area (Å²) in [5.74, 6) is 0.0792. The molecule has 154 valence electrons. The van der Waals surface area contributed by atoms with E-state index in [2.05, 4.69) is 10.2 Å². The van der Waals surface area contributed by atoms with Crippen molar-refractivity contribution in [3.05, 3.63) is 48.5 Å². The number of carbonyl (C=O) groups excluding carboxylic acids is 2. The molecule has 0 saturated carbocycles. The molecule has 1 fully saturated rings. The normalized spacial score (nSPS) is 13.6. The van der Waals surface area contributed by atoms with Crippen LogP contribution in [-0.4, -0.2) is 57.6 Å². The molecule has 0 unspecified atom stereocenters. The second kappa shape index (κ2) is 10.7. The molecule has 0 aliphatic carbocycles. The van der Waals surface area contributed by atoms with Gasteiger partial charge < -0.3 is 24.4 Å². The van der Waals surface area contributed by atoms with Crippen LogP contribution in [-0.2, 0) is 19.1 Å². The predicted octanol–water partition coefficient (Wildman–Crippen LogP) is 2.81. The molecule has 1 aliphatic heterocycles. The van der Waals surface area contributed by atoms with Gasteiger partial charge >= 0.3 is 5.97 Å². The molecule has 1 amide bonds. The quantitative estimate of drug-likeness (QED) is 0.524. The topological polar surface area (TPSA) is 77.1 Å². The Hall–Kier alpha value is -2.71. The van der Waals surface area contributed by atoms with E-state index in [-0.39, 0.29) is 18.3 Å². The van der Waals surface area contributed by atoms with Gasteiger partial charge in [-0.2, -0.15) is 0 Å². The number of nitrogens with one attached hydrogen (secondary N) is 1. The smallest absolute Gasteiger partial charge is 0.316 e. The third-order valence-electron chi connectivity index (χ3n) is 4.31. The average Bonchev–Trinajstić information content (AvgIpc) is 2.78. The third-order valence-corrected chi connectivity index (χ3v) is 5.29.